The van der Waals surface area contributed by atoms with Gasteiger partial charge in [-0.3, -0.25) is 4.79 Å². The van der Waals surface area contributed by atoms with Crippen LogP contribution in [0.25, 0.3) is 0 Å². The maximum Gasteiger partial charge on any atom is 0.306 e. The SMILES string of the molecule is O=C(CCCCOSI)OCc1ccccc1. The van der Waals surface area contributed by atoms with Gasteiger partial charge in [-0.2, -0.15) is 0 Å². The van der Waals surface area contributed by atoms with Crippen LogP contribution in [0.1, 0.15) is 24.8 Å². The molecule has 0 atom stereocenters. The van der Waals surface area contributed by atoms with E-state index in [9.17, 15) is 4.79 Å². The number of carbonyl (C=O) groups is 1. The van der Waals surface area contributed by atoms with Gasteiger partial charge >= 0.3 is 5.97 Å². The van der Waals surface area contributed by atoms with Gasteiger partial charge in [0.1, 0.15) is 6.61 Å². The second kappa shape index (κ2) is 9.73. The molecule has 5 heteroatoms. The molecule has 1 aromatic rings. The number of hydrogen-bond acceptors (Lipinski definition) is 4. The first kappa shape index (κ1) is 14.8. The fourth-order valence-corrected chi connectivity index (χ4v) is 1.99. The first-order valence-electron chi connectivity index (χ1n) is 5.42. The number of carbonyl (C=O) groups excluding carboxylic acids is 1. The van der Waals surface area contributed by atoms with E-state index in [1.807, 2.05) is 30.3 Å². The number of benzene rings is 1. The van der Waals surface area contributed by atoms with Gasteiger partial charge in [0.15, 0.2) is 0 Å². The fraction of sp³-hybridized carbons (Fsp3) is 0.417. The van der Waals surface area contributed by atoms with E-state index in [2.05, 4.69) is 21.2 Å². The number of rotatable bonds is 8. The fourth-order valence-electron chi connectivity index (χ4n) is 1.27. The van der Waals surface area contributed by atoms with E-state index in [0.29, 0.717) is 19.6 Å². The Kier molecular flexibility index (Phi) is 8.46. The zero-order valence-corrected chi connectivity index (χ0v) is 12.4. The third-order valence-corrected chi connectivity index (χ3v) is 3.16. The summed E-state index contributed by atoms with van der Waals surface area (Å²) in [6.07, 6.45) is 2.16. The highest BCUT2D eigenvalue weighted by Gasteiger charge is 2.02. The Labute approximate surface area is 118 Å². The highest BCUT2D eigenvalue weighted by Crippen LogP contribution is 2.13. The predicted molar refractivity (Wildman–Crippen MR) is 77.7 cm³/mol. The van der Waals surface area contributed by atoms with Crippen molar-refractivity contribution in [3.8, 4) is 0 Å². The molecule has 0 aliphatic carbocycles. The van der Waals surface area contributed by atoms with Gasteiger partial charge in [0, 0.05) is 27.6 Å². The molecule has 0 aliphatic heterocycles. The maximum absolute atomic E-state index is 11.4. The normalized spacial score (nSPS) is 10.2. The minimum Gasteiger partial charge on any atom is -0.461 e. The van der Waals surface area contributed by atoms with Crippen molar-refractivity contribution >= 4 is 36.4 Å². The predicted octanol–water partition coefficient (Wildman–Crippen LogP) is 3.91. The smallest absolute Gasteiger partial charge is 0.306 e. The lowest BCUT2D eigenvalue weighted by Gasteiger charge is -2.04. The molecule has 0 radical (unpaired) electrons. The van der Waals surface area contributed by atoms with Crippen molar-refractivity contribution in [3.63, 3.8) is 0 Å². The van der Waals surface area contributed by atoms with Crippen LogP contribution in [0.5, 0.6) is 0 Å². The van der Waals surface area contributed by atoms with Crippen LogP contribution >= 0.6 is 30.4 Å². The summed E-state index contributed by atoms with van der Waals surface area (Å²) in [5, 5.41) is 0. The van der Waals surface area contributed by atoms with Crippen molar-refractivity contribution in [2.24, 2.45) is 0 Å². The van der Waals surface area contributed by atoms with Gasteiger partial charge in [-0.05, 0) is 18.4 Å². The number of hydrogen-bond donors (Lipinski definition) is 0. The van der Waals surface area contributed by atoms with Gasteiger partial charge < -0.3 is 8.92 Å². The summed E-state index contributed by atoms with van der Waals surface area (Å²) in [6, 6.07) is 9.69. The van der Waals surface area contributed by atoms with Crippen LogP contribution in [0.4, 0.5) is 0 Å². The van der Waals surface area contributed by atoms with Crippen molar-refractivity contribution in [2.45, 2.75) is 25.9 Å². The van der Waals surface area contributed by atoms with Crippen molar-refractivity contribution in [1.82, 2.24) is 0 Å². The lowest BCUT2D eigenvalue weighted by atomic mass is 10.2. The maximum atomic E-state index is 11.4. The molecule has 0 amide bonds. The highest BCUT2D eigenvalue weighted by atomic mass is 127. The summed E-state index contributed by atoms with van der Waals surface area (Å²) in [4.78, 5) is 11.4. The Morgan fingerprint density at radius 1 is 1.24 bits per heavy atom. The zero-order chi connectivity index (χ0) is 12.3. The third-order valence-electron chi connectivity index (χ3n) is 2.15. The van der Waals surface area contributed by atoms with Crippen molar-refractivity contribution < 1.29 is 13.7 Å². The summed E-state index contributed by atoms with van der Waals surface area (Å²) in [5.41, 5.74) is 1.02. The molecule has 94 valence electrons. The first-order valence-corrected chi connectivity index (χ1v) is 8.71. The number of halogens is 1. The van der Waals surface area contributed by atoms with Gasteiger partial charge in [0.25, 0.3) is 0 Å². The van der Waals surface area contributed by atoms with Crippen LogP contribution < -0.4 is 0 Å². The summed E-state index contributed by atoms with van der Waals surface area (Å²) in [6.45, 7) is 1.04. The summed E-state index contributed by atoms with van der Waals surface area (Å²) < 4.78 is 10.2. The number of esters is 1. The molecule has 1 aromatic carbocycles. The standard InChI is InChI=1S/C12H15IO3S/c13-17-16-9-5-4-8-12(14)15-10-11-6-2-1-3-7-11/h1-3,6-7H,4-5,8-10H2. The molecule has 0 N–H and O–H groups in total. The van der Waals surface area contributed by atoms with Gasteiger partial charge in [-0.1, -0.05) is 30.3 Å². The van der Waals surface area contributed by atoms with Crippen molar-refractivity contribution in [1.29, 1.82) is 0 Å². The molecule has 0 aromatic heterocycles. The van der Waals surface area contributed by atoms with Gasteiger partial charge in [-0.15, -0.1) is 0 Å². The number of unbranched alkanes of at least 4 members (excludes halogenated alkanes) is 1. The largest absolute Gasteiger partial charge is 0.461 e. The molecule has 17 heavy (non-hydrogen) atoms. The second-order valence-corrected chi connectivity index (χ2v) is 4.93. The quantitative estimate of drug-likeness (QED) is 0.302. The van der Waals surface area contributed by atoms with Gasteiger partial charge in [0.05, 0.1) is 15.8 Å². The molecule has 0 spiro atoms. The van der Waals surface area contributed by atoms with Gasteiger partial charge in [-0.25, -0.2) is 0 Å². The summed E-state index contributed by atoms with van der Waals surface area (Å²) in [5.74, 6) is -0.143. The minimum atomic E-state index is -0.143. The van der Waals surface area contributed by atoms with E-state index in [4.69, 9.17) is 8.92 Å². The van der Waals surface area contributed by atoms with E-state index in [1.54, 1.807) is 0 Å². The van der Waals surface area contributed by atoms with Gasteiger partial charge in [0.2, 0.25) is 0 Å². The number of ether oxygens (including phenoxy) is 1. The van der Waals surface area contributed by atoms with Crippen LogP contribution in [0.15, 0.2) is 30.3 Å². The monoisotopic (exact) mass is 366 g/mol. The molecule has 0 heterocycles. The molecule has 0 saturated heterocycles. The highest BCUT2D eigenvalue weighted by molar-refractivity contribution is 14.2. The Morgan fingerprint density at radius 3 is 2.71 bits per heavy atom. The molecular formula is C12H15IO3S. The lowest BCUT2D eigenvalue weighted by molar-refractivity contribution is -0.145. The van der Waals surface area contributed by atoms with Crippen LogP contribution in [-0.2, 0) is 20.3 Å². The van der Waals surface area contributed by atoms with E-state index >= 15 is 0 Å². The van der Waals surface area contributed by atoms with Crippen molar-refractivity contribution in [2.75, 3.05) is 6.61 Å². The average Bonchev–Trinajstić information content (AvgIpc) is 2.37. The Bertz CT molecular complexity index is 319. The Morgan fingerprint density at radius 2 is 2.00 bits per heavy atom. The van der Waals surface area contributed by atoms with Crippen LogP contribution in [0.2, 0.25) is 0 Å². The molecule has 3 nitrogen and oxygen atoms in total. The average molecular weight is 366 g/mol. The molecule has 1 rings (SSSR count). The van der Waals surface area contributed by atoms with E-state index in [-0.39, 0.29) is 5.97 Å². The van der Waals surface area contributed by atoms with Crippen LogP contribution in [0, 0.1) is 0 Å². The molecule has 0 fully saturated rings. The first-order chi connectivity index (χ1) is 8.33. The van der Waals surface area contributed by atoms with E-state index < -0.39 is 0 Å². The van der Waals surface area contributed by atoms with Crippen molar-refractivity contribution in [3.05, 3.63) is 35.9 Å². The topological polar surface area (TPSA) is 35.5 Å². The second-order valence-electron chi connectivity index (χ2n) is 3.49. The molecule has 0 bridgehead atoms. The summed E-state index contributed by atoms with van der Waals surface area (Å²) >= 11 is 2.08. The Hall–Kier alpha value is -0.270. The minimum absolute atomic E-state index is 0.143. The van der Waals surface area contributed by atoms with E-state index in [1.165, 1.54) is 9.21 Å². The molecule has 0 aliphatic rings. The lowest BCUT2D eigenvalue weighted by Crippen LogP contribution is -2.04. The third kappa shape index (κ3) is 7.62. The zero-order valence-electron chi connectivity index (χ0n) is 9.43. The Balaban J connectivity index is 2.05. The van der Waals surface area contributed by atoms with E-state index in [0.717, 1.165) is 18.4 Å². The van der Waals surface area contributed by atoms with Crippen LogP contribution in [0.3, 0.4) is 0 Å². The molecule has 0 unspecified atom stereocenters. The molecule has 0 saturated carbocycles. The van der Waals surface area contributed by atoms with Crippen LogP contribution in [-0.4, -0.2) is 12.6 Å². The molecular weight excluding hydrogens is 351 g/mol. The summed E-state index contributed by atoms with van der Waals surface area (Å²) in [7, 11) is 1.32.